The molecule has 0 radical (unpaired) electrons. The highest BCUT2D eigenvalue weighted by atomic mass is 35.5. The molecule has 1 heterocycles. The van der Waals surface area contributed by atoms with Gasteiger partial charge in [0.15, 0.2) is 0 Å². The molecule has 1 fully saturated rings. The Bertz CT molecular complexity index is 1080. The Morgan fingerprint density at radius 2 is 1.69 bits per heavy atom. The van der Waals surface area contributed by atoms with Crippen molar-refractivity contribution in [3.05, 3.63) is 99.9 Å². The van der Waals surface area contributed by atoms with Crippen LogP contribution in [0.15, 0.2) is 83.8 Å². The highest BCUT2D eigenvalue weighted by Crippen LogP contribution is 2.36. The lowest BCUT2D eigenvalue weighted by molar-refractivity contribution is -0.113. The van der Waals surface area contributed by atoms with E-state index in [1.807, 2.05) is 54.6 Å². The maximum absolute atomic E-state index is 12.8. The molecule has 6 heteroatoms. The van der Waals surface area contributed by atoms with Gasteiger partial charge in [0.2, 0.25) is 0 Å². The van der Waals surface area contributed by atoms with Gasteiger partial charge in [-0.25, -0.2) is 4.90 Å². The first-order valence-electron chi connectivity index (χ1n) is 8.90. The summed E-state index contributed by atoms with van der Waals surface area (Å²) in [6.45, 7) is 0.456. The number of rotatable bonds is 5. The van der Waals surface area contributed by atoms with Crippen molar-refractivity contribution < 1.29 is 14.3 Å². The van der Waals surface area contributed by atoms with Crippen molar-refractivity contribution in [1.29, 1.82) is 0 Å². The first-order chi connectivity index (χ1) is 14.1. The van der Waals surface area contributed by atoms with E-state index in [0.717, 1.165) is 27.8 Å². The van der Waals surface area contributed by atoms with Crippen LogP contribution in [0, 0.1) is 0 Å². The Morgan fingerprint density at radius 1 is 0.931 bits per heavy atom. The summed E-state index contributed by atoms with van der Waals surface area (Å²) in [5, 5.41) is 0.212. The van der Waals surface area contributed by atoms with Gasteiger partial charge in [0, 0.05) is 5.02 Å². The Morgan fingerprint density at radius 3 is 2.45 bits per heavy atom. The molecule has 0 N–H and O–H groups in total. The minimum absolute atomic E-state index is 0.333. The molecule has 0 spiro atoms. The molecular weight excluding hydrogens is 406 g/mol. The lowest BCUT2D eigenvalue weighted by atomic mass is 10.2. The zero-order chi connectivity index (χ0) is 20.2. The maximum Gasteiger partial charge on any atom is 0.298 e. The Hall–Kier alpha value is -3.02. The van der Waals surface area contributed by atoms with Gasteiger partial charge < -0.3 is 4.74 Å². The second-order valence-corrected chi connectivity index (χ2v) is 7.77. The molecule has 144 valence electrons. The lowest BCUT2D eigenvalue weighted by Crippen LogP contribution is -2.27. The van der Waals surface area contributed by atoms with Crippen LogP contribution in [0.25, 0.3) is 6.08 Å². The van der Waals surface area contributed by atoms with Crippen LogP contribution in [0.5, 0.6) is 5.75 Å². The van der Waals surface area contributed by atoms with Crippen molar-refractivity contribution in [3.63, 3.8) is 0 Å². The predicted molar refractivity (Wildman–Crippen MR) is 117 cm³/mol. The average molecular weight is 422 g/mol. The van der Waals surface area contributed by atoms with Crippen molar-refractivity contribution in [1.82, 2.24) is 0 Å². The summed E-state index contributed by atoms with van der Waals surface area (Å²) in [5.41, 5.74) is 2.36. The molecule has 1 aliphatic rings. The summed E-state index contributed by atoms with van der Waals surface area (Å²) in [4.78, 5) is 26.6. The summed E-state index contributed by atoms with van der Waals surface area (Å²) in [6, 6.07) is 23.9. The number of imide groups is 1. The number of anilines is 1. The fourth-order valence-electron chi connectivity index (χ4n) is 2.87. The second kappa shape index (κ2) is 8.55. The molecule has 0 aromatic heterocycles. The lowest BCUT2D eigenvalue weighted by Gasteiger charge is -2.12. The molecule has 0 unspecified atom stereocenters. The topological polar surface area (TPSA) is 46.6 Å². The maximum atomic E-state index is 12.8. The van der Waals surface area contributed by atoms with Crippen LogP contribution in [0.2, 0.25) is 5.02 Å². The van der Waals surface area contributed by atoms with E-state index < -0.39 is 0 Å². The van der Waals surface area contributed by atoms with E-state index in [4.69, 9.17) is 16.3 Å². The van der Waals surface area contributed by atoms with E-state index in [-0.39, 0.29) is 11.1 Å². The van der Waals surface area contributed by atoms with Crippen LogP contribution in [-0.2, 0) is 11.4 Å². The smallest absolute Gasteiger partial charge is 0.298 e. The second-order valence-electron chi connectivity index (χ2n) is 6.34. The average Bonchev–Trinajstić information content (AvgIpc) is 3.01. The Kier molecular flexibility index (Phi) is 5.69. The molecule has 0 saturated carbocycles. The molecule has 0 bridgehead atoms. The van der Waals surface area contributed by atoms with Crippen LogP contribution in [-0.4, -0.2) is 11.1 Å². The molecule has 2 amide bonds. The van der Waals surface area contributed by atoms with Crippen LogP contribution in [0.1, 0.15) is 11.1 Å². The van der Waals surface area contributed by atoms with Crippen LogP contribution in [0.4, 0.5) is 10.5 Å². The van der Waals surface area contributed by atoms with Gasteiger partial charge in [-0.1, -0.05) is 54.1 Å². The summed E-state index contributed by atoms with van der Waals surface area (Å²) in [6.07, 6.45) is 1.70. The van der Waals surface area contributed by atoms with Crippen molar-refractivity contribution in [2.24, 2.45) is 0 Å². The van der Waals surface area contributed by atoms with Crippen molar-refractivity contribution in [2.45, 2.75) is 6.61 Å². The monoisotopic (exact) mass is 421 g/mol. The zero-order valence-electron chi connectivity index (χ0n) is 15.2. The number of ether oxygens (including phenoxy) is 1. The van der Waals surface area contributed by atoms with Gasteiger partial charge in [-0.3, -0.25) is 9.59 Å². The van der Waals surface area contributed by atoms with E-state index in [9.17, 15) is 9.59 Å². The van der Waals surface area contributed by atoms with Gasteiger partial charge >= 0.3 is 0 Å². The first kappa shape index (κ1) is 19.3. The SMILES string of the molecule is O=C1S/C(=C/c2cccc(OCc3ccccc3)c2)C(=O)N1c1ccc(Cl)cc1. The number of hydrogen-bond acceptors (Lipinski definition) is 4. The van der Waals surface area contributed by atoms with E-state index in [1.165, 1.54) is 0 Å². The minimum Gasteiger partial charge on any atom is -0.489 e. The van der Waals surface area contributed by atoms with Gasteiger partial charge in [0.05, 0.1) is 10.6 Å². The van der Waals surface area contributed by atoms with E-state index in [1.54, 1.807) is 30.3 Å². The fourth-order valence-corrected chi connectivity index (χ4v) is 3.83. The molecular formula is C23H16ClNO3S. The number of amides is 2. The highest BCUT2D eigenvalue weighted by Gasteiger charge is 2.36. The molecule has 3 aromatic carbocycles. The van der Waals surface area contributed by atoms with Gasteiger partial charge in [-0.15, -0.1) is 0 Å². The highest BCUT2D eigenvalue weighted by molar-refractivity contribution is 8.19. The summed E-state index contributed by atoms with van der Waals surface area (Å²) in [5.74, 6) is 0.345. The molecule has 4 nitrogen and oxygen atoms in total. The number of carbonyl (C=O) groups is 2. The first-order valence-corrected chi connectivity index (χ1v) is 10.1. The van der Waals surface area contributed by atoms with Crippen LogP contribution in [0.3, 0.4) is 0 Å². The van der Waals surface area contributed by atoms with Crippen LogP contribution >= 0.6 is 23.4 Å². The van der Waals surface area contributed by atoms with E-state index in [0.29, 0.717) is 28.0 Å². The molecule has 0 atom stereocenters. The number of thioether (sulfide) groups is 1. The number of nitrogens with zero attached hydrogens (tertiary/aromatic N) is 1. The molecule has 3 aromatic rings. The largest absolute Gasteiger partial charge is 0.489 e. The summed E-state index contributed by atoms with van der Waals surface area (Å²) >= 11 is 6.81. The van der Waals surface area contributed by atoms with Crippen LogP contribution < -0.4 is 9.64 Å². The Balaban J connectivity index is 1.51. The minimum atomic E-state index is -0.349. The van der Waals surface area contributed by atoms with Gasteiger partial charge in [0.1, 0.15) is 12.4 Å². The molecule has 1 aliphatic heterocycles. The number of benzene rings is 3. The quantitative estimate of drug-likeness (QED) is 0.463. The predicted octanol–water partition coefficient (Wildman–Crippen LogP) is 6.16. The number of carbonyl (C=O) groups excluding carboxylic acids is 2. The zero-order valence-corrected chi connectivity index (χ0v) is 16.8. The normalized spacial score (nSPS) is 15.2. The Labute approximate surface area is 177 Å². The van der Waals surface area contributed by atoms with Gasteiger partial charge in [0.25, 0.3) is 11.1 Å². The number of halogens is 1. The van der Waals surface area contributed by atoms with Crippen molar-refractivity contribution in [2.75, 3.05) is 4.90 Å². The third-order valence-electron chi connectivity index (χ3n) is 4.28. The summed E-state index contributed by atoms with van der Waals surface area (Å²) < 4.78 is 5.84. The fraction of sp³-hybridized carbons (Fsp3) is 0.0435. The summed E-state index contributed by atoms with van der Waals surface area (Å²) in [7, 11) is 0. The number of hydrogen-bond donors (Lipinski definition) is 0. The van der Waals surface area contributed by atoms with Crippen molar-refractivity contribution >= 4 is 46.3 Å². The molecule has 4 rings (SSSR count). The molecule has 0 aliphatic carbocycles. The third kappa shape index (κ3) is 4.53. The molecule has 29 heavy (non-hydrogen) atoms. The van der Waals surface area contributed by atoms with Gasteiger partial charge in [-0.05, 0) is 65.4 Å². The van der Waals surface area contributed by atoms with E-state index >= 15 is 0 Å². The van der Waals surface area contributed by atoms with E-state index in [2.05, 4.69) is 0 Å². The molecule has 1 saturated heterocycles. The van der Waals surface area contributed by atoms with Gasteiger partial charge in [-0.2, -0.15) is 0 Å². The third-order valence-corrected chi connectivity index (χ3v) is 5.40. The van der Waals surface area contributed by atoms with Crippen molar-refractivity contribution in [3.8, 4) is 5.75 Å². The standard InChI is InChI=1S/C23H16ClNO3S/c24-18-9-11-19(12-10-18)25-22(26)21(29-23(25)27)14-17-7-4-8-20(13-17)28-15-16-5-2-1-3-6-16/h1-14H,15H2/b21-14+.